The van der Waals surface area contributed by atoms with Crippen LogP contribution in [0.2, 0.25) is 5.02 Å². The van der Waals surface area contributed by atoms with Gasteiger partial charge in [-0.2, -0.15) is 0 Å². The van der Waals surface area contributed by atoms with E-state index in [1.807, 2.05) is 0 Å². The molecule has 1 heterocycles. The molecule has 0 atom stereocenters. The molecule has 6 heteroatoms. The Morgan fingerprint density at radius 2 is 2.00 bits per heavy atom. The summed E-state index contributed by atoms with van der Waals surface area (Å²) in [5.74, 6) is -1.84. The van der Waals surface area contributed by atoms with Gasteiger partial charge in [0, 0.05) is 12.3 Å². The smallest absolute Gasteiger partial charge is 0.238 e. The van der Waals surface area contributed by atoms with Gasteiger partial charge in [-0.3, -0.25) is 0 Å². The van der Waals surface area contributed by atoms with Gasteiger partial charge < -0.3 is 9.84 Å². The first-order chi connectivity index (χ1) is 8.60. The lowest BCUT2D eigenvalue weighted by molar-refractivity contribution is 0.281. The summed E-state index contributed by atoms with van der Waals surface area (Å²) < 4.78 is 30.9. The van der Waals surface area contributed by atoms with Crippen molar-refractivity contribution in [1.29, 1.82) is 0 Å². The van der Waals surface area contributed by atoms with Crippen LogP contribution in [0, 0.1) is 11.6 Å². The fourth-order valence-electron chi connectivity index (χ4n) is 1.28. The van der Waals surface area contributed by atoms with Crippen LogP contribution in [0.4, 0.5) is 8.78 Å². The summed E-state index contributed by atoms with van der Waals surface area (Å²) in [7, 11) is 0. The fraction of sp³-hybridized carbons (Fsp3) is 0.0833. The lowest BCUT2D eigenvalue weighted by Crippen LogP contribution is -1.93. The quantitative estimate of drug-likeness (QED) is 0.931. The van der Waals surface area contributed by atoms with Crippen molar-refractivity contribution in [1.82, 2.24) is 4.98 Å². The van der Waals surface area contributed by atoms with E-state index in [2.05, 4.69) is 4.98 Å². The van der Waals surface area contributed by atoms with Crippen molar-refractivity contribution in [2.24, 2.45) is 0 Å². The third-order valence-corrected chi connectivity index (χ3v) is 2.42. The molecule has 1 N–H and O–H groups in total. The number of hydrogen-bond donors (Lipinski definition) is 1. The van der Waals surface area contributed by atoms with Crippen LogP contribution < -0.4 is 4.74 Å². The van der Waals surface area contributed by atoms with Gasteiger partial charge in [0.2, 0.25) is 5.88 Å². The molecule has 18 heavy (non-hydrogen) atoms. The number of benzene rings is 1. The van der Waals surface area contributed by atoms with E-state index in [0.717, 1.165) is 12.1 Å². The van der Waals surface area contributed by atoms with Crippen molar-refractivity contribution in [3.05, 3.63) is 52.7 Å². The van der Waals surface area contributed by atoms with Crippen LogP contribution in [0.1, 0.15) is 5.56 Å². The van der Waals surface area contributed by atoms with Gasteiger partial charge in [0.25, 0.3) is 0 Å². The first kappa shape index (κ1) is 12.7. The lowest BCUT2D eigenvalue weighted by atomic mass is 10.3. The molecule has 0 aliphatic heterocycles. The molecule has 1 aromatic carbocycles. The van der Waals surface area contributed by atoms with E-state index in [4.69, 9.17) is 21.4 Å². The van der Waals surface area contributed by atoms with Crippen LogP contribution in [-0.2, 0) is 6.61 Å². The van der Waals surface area contributed by atoms with Gasteiger partial charge in [-0.25, -0.2) is 13.8 Å². The van der Waals surface area contributed by atoms with E-state index in [9.17, 15) is 8.78 Å². The number of aromatic nitrogens is 1. The number of ether oxygens (including phenoxy) is 1. The molecule has 0 aliphatic rings. The minimum Gasteiger partial charge on any atom is -0.437 e. The maximum absolute atomic E-state index is 13.0. The first-order valence-corrected chi connectivity index (χ1v) is 5.36. The molecular weight excluding hydrogens is 264 g/mol. The average Bonchev–Trinajstić information content (AvgIpc) is 2.36. The lowest BCUT2D eigenvalue weighted by Gasteiger charge is -2.07. The molecule has 2 aromatic rings. The Morgan fingerprint density at radius 1 is 1.22 bits per heavy atom. The first-order valence-electron chi connectivity index (χ1n) is 4.98. The molecule has 94 valence electrons. The minimum absolute atomic E-state index is 0.0554. The average molecular weight is 272 g/mol. The number of pyridine rings is 1. The molecule has 0 spiro atoms. The second-order valence-corrected chi connectivity index (χ2v) is 3.87. The largest absolute Gasteiger partial charge is 0.437 e. The predicted octanol–water partition coefficient (Wildman–Crippen LogP) is 3.30. The normalized spacial score (nSPS) is 10.4. The summed E-state index contributed by atoms with van der Waals surface area (Å²) in [5, 5.41) is 9.05. The van der Waals surface area contributed by atoms with Gasteiger partial charge in [0.15, 0.2) is 11.6 Å². The second-order valence-electron chi connectivity index (χ2n) is 3.47. The second kappa shape index (κ2) is 5.29. The van der Waals surface area contributed by atoms with Crippen LogP contribution >= 0.6 is 11.6 Å². The molecular formula is C12H8ClF2NO2. The Bertz CT molecular complexity index is 578. The number of hydrogen-bond acceptors (Lipinski definition) is 3. The number of aliphatic hydroxyl groups excluding tert-OH is 1. The third kappa shape index (κ3) is 2.75. The van der Waals surface area contributed by atoms with Gasteiger partial charge >= 0.3 is 0 Å². The molecule has 3 nitrogen and oxygen atoms in total. The van der Waals surface area contributed by atoms with Crippen molar-refractivity contribution in [3.63, 3.8) is 0 Å². The molecule has 0 amide bonds. The van der Waals surface area contributed by atoms with Crippen LogP contribution in [0.15, 0.2) is 30.5 Å². The Labute approximate surface area is 107 Å². The SMILES string of the molecule is OCc1cnc(Oc2ccc(F)c(F)c2)c(Cl)c1. The molecule has 0 saturated carbocycles. The van der Waals surface area contributed by atoms with Crippen molar-refractivity contribution < 1.29 is 18.6 Å². The molecule has 0 unspecified atom stereocenters. The van der Waals surface area contributed by atoms with Gasteiger partial charge in [0.05, 0.1) is 6.61 Å². The zero-order valence-electron chi connectivity index (χ0n) is 9.03. The molecule has 1 aromatic heterocycles. The van der Waals surface area contributed by atoms with Crippen LogP contribution in [0.3, 0.4) is 0 Å². The Morgan fingerprint density at radius 3 is 2.61 bits per heavy atom. The Balaban J connectivity index is 2.25. The van der Waals surface area contributed by atoms with Crippen LogP contribution in [0.25, 0.3) is 0 Å². The van der Waals surface area contributed by atoms with Crippen molar-refractivity contribution >= 4 is 11.6 Å². The predicted molar refractivity (Wildman–Crippen MR) is 61.6 cm³/mol. The molecule has 0 bridgehead atoms. The summed E-state index contributed by atoms with van der Waals surface area (Å²) in [6.45, 7) is -0.196. The highest BCUT2D eigenvalue weighted by Crippen LogP contribution is 2.28. The highest BCUT2D eigenvalue weighted by Gasteiger charge is 2.08. The monoisotopic (exact) mass is 271 g/mol. The molecule has 0 aliphatic carbocycles. The van der Waals surface area contributed by atoms with Gasteiger partial charge in [-0.15, -0.1) is 0 Å². The zero-order chi connectivity index (χ0) is 13.1. The minimum atomic E-state index is -1.02. The summed E-state index contributed by atoms with van der Waals surface area (Å²) in [4.78, 5) is 3.87. The Kier molecular flexibility index (Phi) is 3.74. The number of aliphatic hydroxyl groups is 1. The fourth-order valence-corrected chi connectivity index (χ4v) is 1.51. The number of nitrogens with zero attached hydrogens (tertiary/aromatic N) is 1. The number of halogens is 3. The molecule has 0 radical (unpaired) electrons. The molecule has 0 saturated heterocycles. The summed E-state index contributed by atoms with van der Waals surface area (Å²) >= 11 is 5.86. The molecule has 2 rings (SSSR count). The van der Waals surface area contributed by atoms with Crippen molar-refractivity contribution in [2.75, 3.05) is 0 Å². The molecule has 0 fully saturated rings. The Hall–Kier alpha value is -1.72. The highest BCUT2D eigenvalue weighted by molar-refractivity contribution is 6.31. The van der Waals surface area contributed by atoms with Crippen molar-refractivity contribution in [3.8, 4) is 11.6 Å². The summed E-state index contributed by atoms with van der Waals surface area (Å²) in [6.07, 6.45) is 1.38. The summed E-state index contributed by atoms with van der Waals surface area (Å²) in [5.41, 5.74) is 0.526. The van der Waals surface area contributed by atoms with Gasteiger partial charge in [-0.1, -0.05) is 11.6 Å². The van der Waals surface area contributed by atoms with Crippen molar-refractivity contribution in [2.45, 2.75) is 6.61 Å². The number of rotatable bonds is 3. The van der Waals surface area contributed by atoms with E-state index < -0.39 is 11.6 Å². The van der Waals surface area contributed by atoms with E-state index in [1.54, 1.807) is 0 Å². The maximum atomic E-state index is 13.0. The van der Waals surface area contributed by atoms with E-state index >= 15 is 0 Å². The van der Waals surface area contributed by atoms with Crippen LogP contribution in [0.5, 0.6) is 11.6 Å². The third-order valence-electron chi connectivity index (χ3n) is 2.15. The summed E-state index contributed by atoms with van der Waals surface area (Å²) in [6, 6.07) is 4.58. The maximum Gasteiger partial charge on any atom is 0.238 e. The topological polar surface area (TPSA) is 42.4 Å². The van der Waals surface area contributed by atoms with Crippen LogP contribution in [-0.4, -0.2) is 10.1 Å². The zero-order valence-corrected chi connectivity index (χ0v) is 9.79. The van der Waals surface area contributed by atoms with E-state index in [1.165, 1.54) is 18.3 Å². The van der Waals surface area contributed by atoms with E-state index in [-0.39, 0.29) is 23.3 Å². The standard InChI is InChI=1S/C12H8ClF2NO2/c13-9-3-7(6-17)5-16-12(9)18-8-1-2-10(14)11(15)4-8/h1-5,17H,6H2. The van der Waals surface area contributed by atoms with E-state index in [0.29, 0.717) is 5.56 Å². The highest BCUT2D eigenvalue weighted by atomic mass is 35.5. The van der Waals surface area contributed by atoms with Gasteiger partial charge in [-0.05, 0) is 23.8 Å². The van der Waals surface area contributed by atoms with Gasteiger partial charge in [0.1, 0.15) is 10.8 Å².